The van der Waals surface area contributed by atoms with Crippen molar-refractivity contribution in [1.82, 2.24) is 9.88 Å². The van der Waals surface area contributed by atoms with E-state index in [1.807, 2.05) is 13.8 Å². The predicted molar refractivity (Wildman–Crippen MR) is 69.2 cm³/mol. The number of ketones is 1. The lowest BCUT2D eigenvalue weighted by molar-refractivity contribution is -0.137. The molecule has 0 saturated heterocycles. The van der Waals surface area contributed by atoms with Crippen LogP contribution in [0.4, 0.5) is 0 Å². The summed E-state index contributed by atoms with van der Waals surface area (Å²) in [5.74, 6) is -1.47. The Morgan fingerprint density at radius 1 is 1.37 bits per heavy atom. The molecular formula is C13H18N2O4. The molecule has 0 spiro atoms. The molecule has 0 saturated carbocycles. The average molecular weight is 266 g/mol. The van der Waals surface area contributed by atoms with E-state index < -0.39 is 11.9 Å². The number of H-pyrrole nitrogens is 1. The summed E-state index contributed by atoms with van der Waals surface area (Å²) in [7, 11) is 0. The number of hydrogen-bond donors (Lipinski definition) is 2. The van der Waals surface area contributed by atoms with Gasteiger partial charge in [-0.2, -0.15) is 0 Å². The molecule has 1 aromatic rings. The predicted octanol–water partition coefficient (Wildman–Crippen LogP) is 1.40. The Hall–Kier alpha value is -2.11. The molecule has 0 aliphatic heterocycles. The maximum Gasteiger partial charge on any atom is 0.323 e. The van der Waals surface area contributed by atoms with Crippen molar-refractivity contribution in [2.45, 2.75) is 20.8 Å². The highest BCUT2D eigenvalue weighted by Crippen LogP contribution is 2.09. The Morgan fingerprint density at radius 2 is 2.00 bits per heavy atom. The zero-order chi connectivity index (χ0) is 14.6. The van der Waals surface area contributed by atoms with E-state index >= 15 is 0 Å². The monoisotopic (exact) mass is 266 g/mol. The number of rotatable bonds is 6. The number of Topliss-reactive ketones (excluding diaryl/α,β-unsaturated/α-hetero) is 1. The van der Waals surface area contributed by atoms with Crippen molar-refractivity contribution in [1.29, 1.82) is 0 Å². The van der Waals surface area contributed by atoms with Gasteiger partial charge in [0.1, 0.15) is 12.2 Å². The molecule has 1 heterocycles. The molecule has 104 valence electrons. The first-order valence-electron chi connectivity index (χ1n) is 6.01. The lowest BCUT2D eigenvalue weighted by Gasteiger charge is -2.22. The summed E-state index contributed by atoms with van der Waals surface area (Å²) in [6.45, 7) is 5.20. The molecule has 0 aromatic carbocycles. The first-order valence-corrected chi connectivity index (χ1v) is 6.01. The summed E-state index contributed by atoms with van der Waals surface area (Å²) in [6.07, 6.45) is 1.45. The van der Waals surface area contributed by atoms with Gasteiger partial charge in [0, 0.05) is 18.3 Å². The summed E-state index contributed by atoms with van der Waals surface area (Å²) in [5, 5.41) is 8.83. The van der Waals surface area contributed by atoms with Gasteiger partial charge in [-0.05, 0) is 18.9 Å². The van der Waals surface area contributed by atoms with Crippen LogP contribution in [0.3, 0.4) is 0 Å². The highest BCUT2D eigenvalue weighted by molar-refractivity contribution is 5.99. The van der Waals surface area contributed by atoms with Crippen molar-refractivity contribution < 1.29 is 19.5 Å². The maximum atomic E-state index is 12.2. The lowest BCUT2D eigenvalue weighted by Crippen LogP contribution is -2.38. The van der Waals surface area contributed by atoms with Crippen molar-refractivity contribution in [2.24, 2.45) is 5.92 Å². The van der Waals surface area contributed by atoms with Gasteiger partial charge in [-0.25, -0.2) is 0 Å². The van der Waals surface area contributed by atoms with E-state index in [1.54, 1.807) is 0 Å². The van der Waals surface area contributed by atoms with Crippen LogP contribution < -0.4 is 0 Å². The van der Waals surface area contributed by atoms with Crippen LogP contribution in [0.1, 0.15) is 41.6 Å². The maximum absolute atomic E-state index is 12.2. The first kappa shape index (κ1) is 14.9. The van der Waals surface area contributed by atoms with Gasteiger partial charge in [0.25, 0.3) is 5.91 Å². The van der Waals surface area contributed by atoms with Crippen LogP contribution in [-0.4, -0.2) is 45.7 Å². The summed E-state index contributed by atoms with van der Waals surface area (Å²) >= 11 is 0. The zero-order valence-electron chi connectivity index (χ0n) is 11.3. The molecule has 1 rings (SSSR count). The summed E-state index contributed by atoms with van der Waals surface area (Å²) in [4.78, 5) is 38.1. The van der Waals surface area contributed by atoms with E-state index in [2.05, 4.69) is 4.98 Å². The van der Waals surface area contributed by atoms with Gasteiger partial charge in [-0.15, -0.1) is 0 Å². The number of aromatic amines is 1. The van der Waals surface area contributed by atoms with Crippen LogP contribution in [0.25, 0.3) is 0 Å². The Kier molecular flexibility index (Phi) is 4.86. The number of carboxylic acids is 1. The van der Waals surface area contributed by atoms with Crippen molar-refractivity contribution in [3.63, 3.8) is 0 Å². The smallest absolute Gasteiger partial charge is 0.323 e. The quantitative estimate of drug-likeness (QED) is 0.761. The van der Waals surface area contributed by atoms with E-state index in [0.717, 1.165) is 0 Å². The van der Waals surface area contributed by atoms with Gasteiger partial charge in [0.05, 0.1) is 0 Å². The number of carbonyl (C=O) groups excluding carboxylic acids is 2. The number of hydrogen-bond acceptors (Lipinski definition) is 3. The van der Waals surface area contributed by atoms with Gasteiger partial charge in [0.15, 0.2) is 5.78 Å². The molecule has 0 bridgehead atoms. The molecule has 1 amide bonds. The van der Waals surface area contributed by atoms with Crippen LogP contribution in [-0.2, 0) is 4.79 Å². The Labute approximate surface area is 111 Å². The molecule has 19 heavy (non-hydrogen) atoms. The third kappa shape index (κ3) is 4.24. The van der Waals surface area contributed by atoms with E-state index in [-0.39, 0.29) is 23.9 Å². The largest absolute Gasteiger partial charge is 0.480 e. The van der Waals surface area contributed by atoms with Crippen molar-refractivity contribution in [2.75, 3.05) is 13.1 Å². The van der Waals surface area contributed by atoms with E-state index in [9.17, 15) is 14.4 Å². The van der Waals surface area contributed by atoms with Crippen LogP contribution in [0.2, 0.25) is 0 Å². The third-order valence-corrected chi connectivity index (χ3v) is 2.52. The fraction of sp³-hybridized carbons (Fsp3) is 0.462. The van der Waals surface area contributed by atoms with Gasteiger partial charge >= 0.3 is 5.97 Å². The molecule has 0 aliphatic carbocycles. The number of aromatic nitrogens is 1. The average Bonchev–Trinajstić information content (AvgIpc) is 2.75. The van der Waals surface area contributed by atoms with E-state index in [0.29, 0.717) is 12.1 Å². The molecule has 2 N–H and O–H groups in total. The van der Waals surface area contributed by atoms with Crippen molar-refractivity contribution >= 4 is 17.7 Å². The number of aliphatic carboxylic acids is 1. The number of carboxylic acid groups (broad SMARTS) is 1. The standard InChI is InChI=1S/C13H18N2O4/c1-8(2)6-15(7-12(17)18)13(19)11-4-10(5-14-11)9(3)16/h4-5,8,14H,6-7H2,1-3H3,(H,17,18). The number of amides is 1. The molecule has 6 nitrogen and oxygen atoms in total. The molecule has 0 atom stereocenters. The molecular weight excluding hydrogens is 248 g/mol. The number of nitrogens with one attached hydrogen (secondary N) is 1. The molecule has 0 fully saturated rings. The van der Waals surface area contributed by atoms with Crippen LogP contribution in [0.15, 0.2) is 12.3 Å². The van der Waals surface area contributed by atoms with Crippen LogP contribution >= 0.6 is 0 Å². The topological polar surface area (TPSA) is 90.5 Å². The Bertz CT molecular complexity index is 491. The highest BCUT2D eigenvalue weighted by Gasteiger charge is 2.21. The van der Waals surface area contributed by atoms with Gasteiger partial charge < -0.3 is 15.0 Å². The Morgan fingerprint density at radius 3 is 2.42 bits per heavy atom. The minimum Gasteiger partial charge on any atom is -0.480 e. The molecule has 0 unspecified atom stereocenters. The minimum atomic E-state index is -1.06. The summed E-state index contributed by atoms with van der Waals surface area (Å²) in [6, 6.07) is 1.44. The summed E-state index contributed by atoms with van der Waals surface area (Å²) in [5.41, 5.74) is 0.635. The van der Waals surface area contributed by atoms with Gasteiger partial charge in [0.2, 0.25) is 0 Å². The van der Waals surface area contributed by atoms with Gasteiger partial charge in [-0.1, -0.05) is 13.8 Å². The fourth-order valence-corrected chi connectivity index (χ4v) is 1.71. The van der Waals surface area contributed by atoms with Crippen molar-refractivity contribution in [3.8, 4) is 0 Å². The third-order valence-electron chi connectivity index (χ3n) is 2.52. The fourth-order valence-electron chi connectivity index (χ4n) is 1.71. The number of nitrogens with zero attached hydrogens (tertiary/aromatic N) is 1. The van der Waals surface area contributed by atoms with E-state index in [1.165, 1.54) is 24.1 Å². The molecule has 1 aromatic heterocycles. The van der Waals surface area contributed by atoms with Gasteiger partial charge in [-0.3, -0.25) is 14.4 Å². The zero-order valence-corrected chi connectivity index (χ0v) is 11.3. The lowest BCUT2D eigenvalue weighted by atomic mass is 10.2. The Balaban J connectivity index is 2.90. The normalized spacial score (nSPS) is 10.5. The van der Waals surface area contributed by atoms with Crippen molar-refractivity contribution in [3.05, 3.63) is 23.5 Å². The highest BCUT2D eigenvalue weighted by atomic mass is 16.4. The molecule has 6 heteroatoms. The second-order valence-electron chi connectivity index (χ2n) is 4.83. The van der Waals surface area contributed by atoms with Crippen LogP contribution in [0, 0.1) is 5.92 Å². The minimum absolute atomic E-state index is 0.149. The summed E-state index contributed by atoms with van der Waals surface area (Å²) < 4.78 is 0. The van der Waals surface area contributed by atoms with Crippen LogP contribution in [0.5, 0.6) is 0 Å². The second-order valence-corrected chi connectivity index (χ2v) is 4.83. The van der Waals surface area contributed by atoms with E-state index in [4.69, 9.17) is 5.11 Å². The first-order chi connectivity index (χ1) is 8.81. The number of carbonyl (C=O) groups is 3. The molecule has 0 radical (unpaired) electrons. The molecule has 0 aliphatic rings. The SMILES string of the molecule is CC(=O)c1c[nH]c(C(=O)N(CC(=O)O)CC(C)C)c1. The second kappa shape index (κ2) is 6.17.